The van der Waals surface area contributed by atoms with Crippen molar-refractivity contribution in [3.8, 4) is 10.8 Å². The number of carbonyl (C=O) groups excluding carboxylic acids is 1. The van der Waals surface area contributed by atoms with Crippen molar-refractivity contribution in [1.29, 1.82) is 0 Å². The summed E-state index contributed by atoms with van der Waals surface area (Å²) in [5, 5.41) is 10.3. The minimum atomic E-state index is -3.52. The highest BCUT2D eigenvalue weighted by molar-refractivity contribution is 7.89. The van der Waals surface area contributed by atoms with E-state index in [0.29, 0.717) is 30.4 Å². The second-order valence-corrected chi connectivity index (χ2v) is 10.4. The first-order valence-corrected chi connectivity index (χ1v) is 11.9. The van der Waals surface area contributed by atoms with Gasteiger partial charge in [0.2, 0.25) is 15.9 Å². The van der Waals surface area contributed by atoms with E-state index in [4.69, 9.17) is 4.42 Å². The molecule has 0 spiro atoms. The van der Waals surface area contributed by atoms with Crippen molar-refractivity contribution in [3.05, 3.63) is 53.2 Å². The Morgan fingerprint density at radius 2 is 1.97 bits per heavy atom. The zero-order chi connectivity index (χ0) is 21.3. The molecule has 2 aromatic heterocycles. The Kier molecular flexibility index (Phi) is 5.72. The Hall–Kier alpha value is -2.56. The van der Waals surface area contributed by atoms with E-state index in [2.05, 4.69) is 10.2 Å². The molecule has 1 amide bonds. The standard InChI is InChI=1S/C20H22N4O4S2/c1-23(2)30(26,27)16-9-7-14(8-10-16)20(25)24-11-3-5-15(13-24)18-21-22-19(28-18)17-6-4-12-29-17/h4,6-10,12,15H,3,5,11,13H2,1-2H3/t15-/m1/s1. The van der Waals surface area contributed by atoms with Gasteiger partial charge in [-0.05, 0) is 48.6 Å². The molecule has 4 rings (SSSR count). The van der Waals surface area contributed by atoms with Gasteiger partial charge in [0.1, 0.15) is 0 Å². The lowest BCUT2D eigenvalue weighted by Gasteiger charge is -2.31. The van der Waals surface area contributed by atoms with Crippen LogP contribution in [-0.4, -0.2) is 60.9 Å². The molecule has 0 radical (unpaired) electrons. The van der Waals surface area contributed by atoms with Crippen molar-refractivity contribution in [3.63, 3.8) is 0 Å². The summed E-state index contributed by atoms with van der Waals surface area (Å²) in [6.45, 7) is 1.13. The van der Waals surface area contributed by atoms with Gasteiger partial charge in [0.15, 0.2) is 0 Å². The molecule has 3 heterocycles. The SMILES string of the molecule is CN(C)S(=O)(=O)c1ccc(C(=O)N2CCC[C@@H](c3nnc(-c4cccs4)o3)C2)cc1. The van der Waals surface area contributed by atoms with Crippen LogP contribution in [-0.2, 0) is 10.0 Å². The molecule has 1 atom stereocenters. The van der Waals surface area contributed by atoms with Gasteiger partial charge < -0.3 is 9.32 Å². The van der Waals surface area contributed by atoms with E-state index in [1.54, 1.807) is 17.0 Å². The second kappa shape index (κ2) is 8.29. The Morgan fingerprint density at radius 3 is 2.63 bits per heavy atom. The van der Waals surface area contributed by atoms with Crippen LogP contribution < -0.4 is 0 Å². The molecule has 1 aliphatic heterocycles. The van der Waals surface area contributed by atoms with E-state index in [1.807, 2.05) is 17.5 Å². The smallest absolute Gasteiger partial charge is 0.257 e. The lowest BCUT2D eigenvalue weighted by atomic mass is 9.97. The molecular formula is C20H22N4O4S2. The summed E-state index contributed by atoms with van der Waals surface area (Å²) in [7, 11) is -0.572. The van der Waals surface area contributed by atoms with Crippen molar-refractivity contribution < 1.29 is 17.6 Å². The summed E-state index contributed by atoms with van der Waals surface area (Å²) in [5.74, 6) is 0.897. The predicted octanol–water partition coefficient (Wildman–Crippen LogP) is 3.07. The van der Waals surface area contributed by atoms with Crippen LogP contribution in [0, 0.1) is 0 Å². The number of likely N-dealkylation sites (tertiary alicyclic amines) is 1. The summed E-state index contributed by atoms with van der Waals surface area (Å²) in [5.41, 5.74) is 0.457. The van der Waals surface area contributed by atoms with Crippen molar-refractivity contribution in [2.75, 3.05) is 27.2 Å². The number of rotatable bonds is 5. The summed E-state index contributed by atoms with van der Waals surface area (Å²) in [6.07, 6.45) is 1.70. The molecule has 3 aromatic rings. The number of benzene rings is 1. The molecule has 158 valence electrons. The zero-order valence-electron chi connectivity index (χ0n) is 16.7. The maximum atomic E-state index is 13.0. The van der Waals surface area contributed by atoms with Crippen molar-refractivity contribution >= 4 is 27.3 Å². The number of hydrogen-bond acceptors (Lipinski definition) is 7. The highest BCUT2D eigenvalue weighted by atomic mass is 32.2. The number of hydrogen-bond donors (Lipinski definition) is 0. The lowest BCUT2D eigenvalue weighted by Crippen LogP contribution is -2.39. The number of sulfonamides is 1. The van der Waals surface area contributed by atoms with Crippen molar-refractivity contribution in [1.82, 2.24) is 19.4 Å². The molecule has 1 aromatic carbocycles. The molecule has 10 heteroatoms. The maximum Gasteiger partial charge on any atom is 0.257 e. The molecule has 0 bridgehead atoms. The fourth-order valence-electron chi connectivity index (χ4n) is 3.43. The monoisotopic (exact) mass is 446 g/mol. The fraction of sp³-hybridized carbons (Fsp3) is 0.350. The normalized spacial score (nSPS) is 17.4. The van der Waals surface area contributed by atoms with Gasteiger partial charge in [-0.25, -0.2) is 12.7 Å². The van der Waals surface area contributed by atoms with E-state index >= 15 is 0 Å². The van der Waals surface area contributed by atoms with E-state index in [-0.39, 0.29) is 16.7 Å². The number of carbonyl (C=O) groups is 1. The minimum absolute atomic E-state index is 0.0164. The molecular weight excluding hydrogens is 424 g/mol. The summed E-state index contributed by atoms with van der Waals surface area (Å²) in [4.78, 5) is 15.8. The molecule has 1 saturated heterocycles. The largest absolute Gasteiger partial charge is 0.420 e. The number of nitrogens with zero attached hydrogens (tertiary/aromatic N) is 4. The maximum absolute atomic E-state index is 13.0. The quantitative estimate of drug-likeness (QED) is 0.598. The summed E-state index contributed by atoms with van der Waals surface area (Å²) in [6, 6.07) is 9.91. The topological polar surface area (TPSA) is 96.6 Å². The van der Waals surface area contributed by atoms with Gasteiger partial charge in [0.05, 0.1) is 15.7 Å². The van der Waals surface area contributed by atoms with E-state index in [0.717, 1.165) is 22.0 Å². The van der Waals surface area contributed by atoms with Crippen LogP contribution in [0.4, 0.5) is 0 Å². The Labute approximate surface area is 179 Å². The Bertz CT molecular complexity index is 1120. The van der Waals surface area contributed by atoms with Crippen molar-refractivity contribution in [2.45, 2.75) is 23.7 Å². The van der Waals surface area contributed by atoms with Gasteiger partial charge in [-0.1, -0.05) is 6.07 Å². The van der Waals surface area contributed by atoms with Crippen LogP contribution in [0.25, 0.3) is 10.8 Å². The van der Waals surface area contributed by atoms with Gasteiger partial charge in [0, 0.05) is 32.7 Å². The van der Waals surface area contributed by atoms with Gasteiger partial charge in [-0.2, -0.15) is 0 Å². The number of aromatic nitrogens is 2. The molecule has 1 aliphatic rings. The van der Waals surface area contributed by atoms with Crippen LogP contribution in [0.3, 0.4) is 0 Å². The van der Waals surface area contributed by atoms with Crippen LogP contribution in [0.5, 0.6) is 0 Å². The highest BCUT2D eigenvalue weighted by Crippen LogP contribution is 2.30. The van der Waals surface area contributed by atoms with E-state index in [9.17, 15) is 13.2 Å². The van der Waals surface area contributed by atoms with Gasteiger partial charge in [-0.3, -0.25) is 4.79 Å². The number of thiophene rings is 1. The second-order valence-electron chi connectivity index (χ2n) is 7.32. The highest BCUT2D eigenvalue weighted by Gasteiger charge is 2.29. The summed E-state index contributed by atoms with van der Waals surface area (Å²) < 4.78 is 31.4. The van der Waals surface area contributed by atoms with Crippen LogP contribution in [0.2, 0.25) is 0 Å². The molecule has 0 saturated carbocycles. The van der Waals surface area contributed by atoms with E-state index in [1.165, 1.54) is 37.6 Å². The Balaban J connectivity index is 1.47. The van der Waals surface area contributed by atoms with Crippen LogP contribution in [0.15, 0.2) is 51.1 Å². The lowest BCUT2D eigenvalue weighted by molar-refractivity contribution is 0.0698. The predicted molar refractivity (Wildman–Crippen MR) is 113 cm³/mol. The van der Waals surface area contributed by atoms with Crippen LogP contribution in [0.1, 0.15) is 35.0 Å². The van der Waals surface area contributed by atoms with Gasteiger partial charge >= 0.3 is 0 Å². The zero-order valence-corrected chi connectivity index (χ0v) is 18.3. The fourth-order valence-corrected chi connectivity index (χ4v) is 4.97. The number of amides is 1. The first-order valence-electron chi connectivity index (χ1n) is 9.55. The third-order valence-electron chi connectivity index (χ3n) is 5.11. The van der Waals surface area contributed by atoms with Crippen LogP contribution >= 0.6 is 11.3 Å². The third kappa shape index (κ3) is 4.03. The van der Waals surface area contributed by atoms with E-state index < -0.39 is 10.0 Å². The molecule has 30 heavy (non-hydrogen) atoms. The summed E-state index contributed by atoms with van der Waals surface area (Å²) >= 11 is 1.54. The first kappa shape index (κ1) is 20.7. The van der Waals surface area contributed by atoms with Gasteiger partial charge in [0.25, 0.3) is 11.8 Å². The van der Waals surface area contributed by atoms with Gasteiger partial charge in [-0.15, -0.1) is 21.5 Å². The Morgan fingerprint density at radius 1 is 1.20 bits per heavy atom. The number of piperidine rings is 1. The minimum Gasteiger partial charge on any atom is -0.420 e. The molecule has 0 unspecified atom stereocenters. The average Bonchev–Trinajstić information content (AvgIpc) is 3.45. The molecule has 0 N–H and O–H groups in total. The molecule has 8 nitrogen and oxygen atoms in total. The first-order chi connectivity index (χ1) is 14.4. The third-order valence-corrected chi connectivity index (χ3v) is 7.80. The molecule has 1 fully saturated rings. The average molecular weight is 447 g/mol. The molecule has 0 aliphatic carbocycles. The van der Waals surface area contributed by atoms with Crippen molar-refractivity contribution in [2.24, 2.45) is 0 Å².